The zero-order valence-corrected chi connectivity index (χ0v) is 10.4. The van der Waals surface area contributed by atoms with Gasteiger partial charge in [-0.15, -0.1) is 0 Å². The summed E-state index contributed by atoms with van der Waals surface area (Å²) in [5.41, 5.74) is 5.77. The highest BCUT2D eigenvalue weighted by atomic mass is 16.1. The summed E-state index contributed by atoms with van der Waals surface area (Å²) in [4.78, 5) is 11.8. The number of carbonyl (C=O) groups excluding carboxylic acids is 1. The minimum atomic E-state index is 0.0938. The highest BCUT2D eigenvalue weighted by molar-refractivity contribution is 5.98. The molecule has 1 aliphatic heterocycles. The van der Waals surface area contributed by atoms with E-state index in [0.717, 1.165) is 17.7 Å². The molecular formula is C16H15NO. The van der Waals surface area contributed by atoms with Gasteiger partial charge in [-0.1, -0.05) is 36.4 Å². The predicted molar refractivity (Wildman–Crippen MR) is 73.6 cm³/mol. The lowest BCUT2D eigenvalue weighted by molar-refractivity contribution is -0.116. The Bertz CT molecular complexity index is 616. The SMILES string of the molecule is Cc1cccc2c1-c1ccccc1CCC(=O)N2. The minimum absolute atomic E-state index is 0.0938. The monoisotopic (exact) mass is 237 g/mol. The molecule has 1 aliphatic rings. The normalized spacial score (nSPS) is 13.9. The second-order valence-electron chi connectivity index (χ2n) is 4.70. The standard InChI is InChI=1S/C16H15NO/c1-11-5-4-8-14-16(11)13-7-3-2-6-12(13)9-10-15(18)17-14/h2-8H,9-10H2,1H3,(H,17,18). The summed E-state index contributed by atoms with van der Waals surface area (Å²) in [6, 6.07) is 14.4. The van der Waals surface area contributed by atoms with Gasteiger partial charge in [-0.2, -0.15) is 0 Å². The summed E-state index contributed by atoms with van der Waals surface area (Å²) in [6.07, 6.45) is 1.35. The van der Waals surface area contributed by atoms with Gasteiger partial charge in [0.1, 0.15) is 0 Å². The summed E-state index contributed by atoms with van der Waals surface area (Å²) in [6.45, 7) is 2.09. The highest BCUT2D eigenvalue weighted by Gasteiger charge is 2.17. The van der Waals surface area contributed by atoms with Crippen molar-refractivity contribution in [3.63, 3.8) is 0 Å². The van der Waals surface area contributed by atoms with Gasteiger partial charge >= 0.3 is 0 Å². The average Bonchev–Trinajstić information content (AvgIpc) is 2.35. The largest absolute Gasteiger partial charge is 0.325 e. The van der Waals surface area contributed by atoms with Gasteiger partial charge in [0.05, 0.1) is 0 Å². The van der Waals surface area contributed by atoms with Gasteiger partial charge in [-0.25, -0.2) is 0 Å². The molecule has 2 aromatic rings. The summed E-state index contributed by atoms with van der Waals surface area (Å²) in [5, 5.41) is 3.01. The number of rotatable bonds is 0. The number of aryl methyl sites for hydroxylation is 2. The van der Waals surface area contributed by atoms with Gasteiger partial charge in [-0.3, -0.25) is 4.79 Å². The van der Waals surface area contributed by atoms with E-state index in [1.165, 1.54) is 16.7 Å². The Morgan fingerprint density at radius 2 is 1.83 bits per heavy atom. The van der Waals surface area contributed by atoms with Crippen LogP contribution in [-0.2, 0) is 11.2 Å². The van der Waals surface area contributed by atoms with Gasteiger partial charge in [0.25, 0.3) is 0 Å². The van der Waals surface area contributed by atoms with Crippen LogP contribution < -0.4 is 5.32 Å². The van der Waals surface area contributed by atoms with Crippen LogP contribution in [0.3, 0.4) is 0 Å². The van der Waals surface area contributed by atoms with Crippen molar-refractivity contribution in [1.82, 2.24) is 0 Å². The van der Waals surface area contributed by atoms with Crippen molar-refractivity contribution < 1.29 is 4.79 Å². The smallest absolute Gasteiger partial charge is 0.224 e. The maximum atomic E-state index is 11.8. The molecule has 1 amide bonds. The second-order valence-corrected chi connectivity index (χ2v) is 4.70. The van der Waals surface area contributed by atoms with Crippen molar-refractivity contribution in [1.29, 1.82) is 0 Å². The lowest BCUT2D eigenvalue weighted by Crippen LogP contribution is -2.16. The first kappa shape index (κ1) is 11.0. The maximum absolute atomic E-state index is 11.8. The third kappa shape index (κ3) is 1.80. The van der Waals surface area contributed by atoms with E-state index in [0.29, 0.717) is 6.42 Å². The first-order valence-electron chi connectivity index (χ1n) is 6.23. The molecule has 0 saturated carbocycles. The van der Waals surface area contributed by atoms with Crippen molar-refractivity contribution in [3.05, 3.63) is 53.6 Å². The molecule has 0 atom stereocenters. The molecule has 90 valence electrons. The fourth-order valence-electron chi connectivity index (χ4n) is 2.57. The van der Waals surface area contributed by atoms with Crippen molar-refractivity contribution >= 4 is 11.6 Å². The lowest BCUT2D eigenvalue weighted by Gasteiger charge is -2.19. The summed E-state index contributed by atoms with van der Waals surface area (Å²) >= 11 is 0. The Morgan fingerprint density at radius 3 is 2.72 bits per heavy atom. The Labute approximate surface area is 107 Å². The average molecular weight is 237 g/mol. The van der Waals surface area contributed by atoms with Crippen LogP contribution in [0.25, 0.3) is 11.1 Å². The van der Waals surface area contributed by atoms with Crippen molar-refractivity contribution in [2.45, 2.75) is 19.8 Å². The molecule has 0 spiro atoms. The van der Waals surface area contributed by atoms with E-state index in [9.17, 15) is 4.79 Å². The number of nitrogens with one attached hydrogen (secondary N) is 1. The van der Waals surface area contributed by atoms with Crippen LogP contribution in [0.2, 0.25) is 0 Å². The molecule has 1 N–H and O–H groups in total. The summed E-state index contributed by atoms with van der Waals surface area (Å²) in [7, 11) is 0. The fraction of sp³-hybridized carbons (Fsp3) is 0.188. The Kier molecular flexibility index (Phi) is 2.63. The number of hydrogen-bond donors (Lipinski definition) is 1. The number of anilines is 1. The molecule has 0 aliphatic carbocycles. The zero-order valence-electron chi connectivity index (χ0n) is 10.4. The van der Waals surface area contributed by atoms with Crippen molar-refractivity contribution in [3.8, 4) is 11.1 Å². The van der Waals surface area contributed by atoms with Crippen LogP contribution in [0.1, 0.15) is 17.5 Å². The highest BCUT2D eigenvalue weighted by Crippen LogP contribution is 2.35. The Balaban J connectivity index is 2.29. The molecule has 2 nitrogen and oxygen atoms in total. The van der Waals surface area contributed by atoms with E-state index in [2.05, 4.69) is 36.5 Å². The molecule has 2 heteroatoms. The minimum Gasteiger partial charge on any atom is -0.325 e. The van der Waals surface area contributed by atoms with E-state index < -0.39 is 0 Å². The molecule has 0 unspecified atom stereocenters. The molecule has 2 aromatic carbocycles. The van der Waals surface area contributed by atoms with Crippen LogP contribution in [0.4, 0.5) is 5.69 Å². The topological polar surface area (TPSA) is 29.1 Å². The molecule has 0 fully saturated rings. The predicted octanol–water partition coefficient (Wildman–Crippen LogP) is 3.55. The van der Waals surface area contributed by atoms with E-state index in [4.69, 9.17) is 0 Å². The molecule has 0 radical (unpaired) electrons. The fourth-order valence-corrected chi connectivity index (χ4v) is 2.57. The number of hydrogen-bond acceptors (Lipinski definition) is 1. The molecule has 3 rings (SSSR count). The number of benzene rings is 2. The van der Waals surface area contributed by atoms with Gasteiger partial charge in [0.15, 0.2) is 0 Å². The number of carbonyl (C=O) groups is 1. The van der Waals surface area contributed by atoms with Gasteiger partial charge in [0, 0.05) is 17.7 Å². The van der Waals surface area contributed by atoms with Crippen LogP contribution in [0, 0.1) is 6.92 Å². The van der Waals surface area contributed by atoms with Gasteiger partial charge < -0.3 is 5.32 Å². The first-order chi connectivity index (χ1) is 8.75. The molecule has 0 bridgehead atoms. The summed E-state index contributed by atoms with van der Waals surface area (Å²) < 4.78 is 0. The van der Waals surface area contributed by atoms with Crippen molar-refractivity contribution in [2.24, 2.45) is 0 Å². The molecule has 1 heterocycles. The van der Waals surface area contributed by atoms with E-state index >= 15 is 0 Å². The Morgan fingerprint density at radius 1 is 1.00 bits per heavy atom. The third-order valence-electron chi connectivity index (χ3n) is 3.45. The Hall–Kier alpha value is -2.09. The van der Waals surface area contributed by atoms with Gasteiger partial charge in [-0.05, 0) is 36.1 Å². The quantitative estimate of drug-likeness (QED) is 0.746. The first-order valence-corrected chi connectivity index (χ1v) is 6.23. The van der Waals surface area contributed by atoms with Crippen LogP contribution >= 0.6 is 0 Å². The number of fused-ring (bicyclic) bond motifs is 3. The lowest BCUT2D eigenvalue weighted by atomic mass is 9.91. The molecule has 0 aromatic heterocycles. The van der Waals surface area contributed by atoms with Crippen LogP contribution in [-0.4, -0.2) is 5.91 Å². The van der Waals surface area contributed by atoms with E-state index in [1.54, 1.807) is 0 Å². The van der Waals surface area contributed by atoms with E-state index in [-0.39, 0.29) is 5.91 Å². The molecule has 18 heavy (non-hydrogen) atoms. The zero-order chi connectivity index (χ0) is 12.5. The van der Waals surface area contributed by atoms with Crippen LogP contribution in [0.5, 0.6) is 0 Å². The second kappa shape index (κ2) is 4.30. The molecular weight excluding hydrogens is 222 g/mol. The number of amides is 1. The maximum Gasteiger partial charge on any atom is 0.224 e. The third-order valence-corrected chi connectivity index (χ3v) is 3.45. The molecule has 0 saturated heterocycles. The van der Waals surface area contributed by atoms with E-state index in [1.807, 2.05) is 18.2 Å². The van der Waals surface area contributed by atoms with Crippen LogP contribution in [0.15, 0.2) is 42.5 Å². The van der Waals surface area contributed by atoms with Gasteiger partial charge in [0.2, 0.25) is 5.91 Å². The summed E-state index contributed by atoms with van der Waals surface area (Å²) in [5.74, 6) is 0.0938. The van der Waals surface area contributed by atoms with Crippen molar-refractivity contribution in [2.75, 3.05) is 5.32 Å².